The van der Waals surface area contributed by atoms with E-state index in [0.717, 1.165) is 89.9 Å². The number of ether oxygens (including phenoxy) is 3. The maximum Gasteiger partial charge on any atom is 0.320 e. The average molecular weight is 650 g/mol. The van der Waals surface area contributed by atoms with Crippen LogP contribution in [0.25, 0.3) is 0 Å². The second-order valence-corrected chi connectivity index (χ2v) is 13.0. The smallest absolute Gasteiger partial charge is 0.320 e. The SMILES string of the molecule is CCCCCCC=CCOC(=O)CCCCCCCC(CCCCCCCC(=O)OCC=CCCCCCC)OC(=O)CN(C)C. The van der Waals surface area contributed by atoms with Crippen LogP contribution in [0.3, 0.4) is 0 Å². The predicted molar refractivity (Wildman–Crippen MR) is 191 cm³/mol. The zero-order chi connectivity index (χ0) is 33.9. The largest absolute Gasteiger partial charge is 0.461 e. The predicted octanol–water partition coefficient (Wildman–Crippen LogP) is 10.1. The molecule has 0 aliphatic rings. The first-order valence-electron chi connectivity index (χ1n) is 18.8. The Morgan fingerprint density at radius 3 is 1.37 bits per heavy atom. The molecule has 0 saturated carbocycles. The molecule has 0 rings (SSSR count). The van der Waals surface area contributed by atoms with Gasteiger partial charge in [-0.15, -0.1) is 0 Å². The summed E-state index contributed by atoms with van der Waals surface area (Å²) in [7, 11) is 3.75. The molecular weight excluding hydrogens is 578 g/mol. The van der Waals surface area contributed by atoms with Crippen molar-refractivity contribution >= 4 is 17.9 Å². The molecule has 0 amide bonds. The van der Waals surface area contributed by atoms with Crippen molar-refractivity contribution in [2.24, 2.45) is 0 Å². The van der Waals surface area contributed by atoms with Crippen LogP contribution in [0.15, 0.2) is 24.3 Å². The number of likely N-dealkylation sites (N-methyl/N-ethyl adjacent to an activating group) is 1. The fraction of sp³-hybridized carbons (Fsp3) is 0.821. The second kappa shape index (κ2) is 34.2. The summed E-state index contributed by atoms with van der Waals surface area (Å²) >= 11 is 0. The van der Waals surface area contributed by atoms with Crippen LogP contribution in [0.2, 0.25) is 0 Å². The Morgan fingerprint density at radius 2 is 0.935 bits per heavy atom. The molecule has 0 spiro atoms. The number of hydrogen-bond acceptors (Lipinski definition) is 7. The molecule has 0 bridgehead atoms. The first-order valence-corrected chi connectivity index (χ1v) is 18.8. The molecular formula is C39H71NO6. The lowest BCUT2D eigenvalue weighted by Crippen LogP contribution is -2.27. The highest BCUT2D eigenvalue weighted by Gasteiger charge is 2.15. The molecule has 0 aromatic heterocycles. The minimum absolute atomic E-state index is 0.0446. The zero-order valence-electron chi connectivity index (χ0n) is 30.4. The summed E-state index contributed by atoms with van der Waals surface area (Å²) in [5.41, 5.74) is 0. The number of carbonyl (C=O) groups excluding carboxylic acids is 3. The van der Waals surface area contributed by atoms with Crippen molar-refractivity contribution in [3.63, 3.8) is 0 Å². The number of rotatable bonds is 33. The molecule has 0 aromatic carbocycles. The molecule has 0 aliphatic carbocycles. The standard InChI is InChI=1S/C39H71NO6/c1-5-7-9-11-13-21-27-33-44-37(41)31-25-19-15-17-23-29-36(46-39(43)35-40(3)4)30-24-18-16-20-26-32-38(42)45-34-28-22-14-12-10-8-6-2/h21-22,27-28,36H,5-20,23-26,29-35H2,1-4H3. The first kappa shape index (κ1) is 43.9. The molecule has 0 atom stereocenters. The van der Waals surface area contributed by atoms with Crippen molar-refractivity contribution in [1.29, 1.82) is 0 Å². The maximum atomic E-state index is 12.3. The molecule has 0 fully saturated rings. The van der Waals surface area contributed by atoms with Crippen molar-refractivity contribution in [1.82, 2.24) is 4.90 Å². The Hall–Kier alpha value is -2.15. The van der Waals surface area contributed by atoms with E-state index < -0.39 is 0 Å². The molecule has 0 aromatic rings. The molecule has 7 nitrogen and oxygen atoms in total. The summed E-state index contributed by atoms with van der Waals surface area (Å²) in [6.45, 7) is 5.49. The van der Waals surface area contributed by atoms with E-state index in [2.05, 4.69) is 26.0 Å². The highest BCUT2D eigenvalue weighted by molar-refractivity contribution is 5.71. The van der Waals surface area contributed by atoms with Crippen molar-refractivity contribution in [3.8, 4) is 0 Å². The Labute approximate surface area is 283 Å². The van der Waals surface area contributed by atoms with Gasteiger partial charge >= 0.3 is 17.9 Å². The molecule has 0 saturated heterocycles. The van der Waals surface area contributed by atoms with Gasteiger partial charge in [0.25, 0.3) is 0 Å². The minimum Gasteiger partial charge on any atom is -0.461 e. The fourth-order valence-electron chi connectivity index (χ4n) is 5.26. The number of allylic oxidation sites excluding steroid dienone is 2. The minimum atomic E-state index is -0.162. The van der Waals surface area contributed by atoms with Crippen LogP contribution < -0.4 is 0 Å². The molecule has 46 heavy (non-hydrogen) atoms. The zero-order valence-corrected chi connectivity index (χ0v) is 30.4. The van der Waals surface area contributed by atoms with Gasteiger partial charge in [0.2, 0.25) is 0 Å². The number of carbonyl (C=O) groups is 3. The van der Waals surface area contributed by atoms with Crippen molar-refractivity contribution < 1.29 is 28.6 Å². The van der Waals surface area contributed by atoms with Crippen LogP contribution in [0.4, 0.5) is 0 Å². The van der Waals surface area contributed by atoms with Gasteiger partial charge in [-0.2, -0.15) is 0 Å². The molecule has 0 heterocycles. The summed E-state index contributed by atoms with van der Waals surface area (Å²) in [6.07, 6.45) is 33.0. The topological polar surface area (TPSA) is 82.1 Å². The maximum absolute atomic E-state index is 12.3. The number of nitrogens with zero attached hydrogens (tertiary/aromatic N) is 1. The summed E-state index contributed by atoms with van der Waals surface area (Å²) in [5.74, 6) is -0.385. The number of esters is 3. The van der Waals surface area contributed by atoms with Gasteiger partial charge in [0.15, 0.2) is 0 Å². The van der Waals surface area contributed by atoms with E-state index in [-0.39, 0.29) is 24.0 Å². The third-order valence-corrected chi connectivity index (χ3v) is 8.02. The van der Waals surface area contributed by atoms with E-state index in [4.69, 9.17) is 14.2 Å². The van der Waals surface area contributed by atoms with Gasteiger partial charge in [0, 0.05) is 12.8 Å². The van der Waals surface area contributed by atoms with Crippen LogP contribution in [-0.4, -0.2) is 62.8 Å². The Morgan fingerprint density at radius 1 is 0.522 bits per heavy atom. The van der Waals surface area contributed by atoms with Crippen molar-refractivity contribution in [2.45, 2.75) is 174 Å². The van der Waals surface area contributed by atoms with Crippen LogP contribution >= 0.6 is 0 Å². The molecule has 0 aliphatic heterocycles. The average Bonchev–Trinajstić information content (AvgIpc) is 3.02. The van der Waals surface area contributed by atoms with Gasteiger partial charge in [-0.1, -0.05) is 115 Å². The van der Waals surface area contributed by atoms with Crippen molar-refractivity contribution in [3.05, 3.63) is 24.3 Å². The normalized spacial score (nSPS) is 12.3. The molecule has 0 radical (unpaired) electrons. The quantitative estimate of drug-likeness (QED) is 0.0303. The van der Waals surface area contributed by atoms with Gasteiger partial charge in [0.1, 0.15) is 19.3 Å². The lowest BCUT2D eigenvalue weighted by Gasteiger charge is -2.19. The molecule has 268 valence electrons. The summed E-state index contributed by atoms with van der Waals surface area (Å²) in [4.78, 5) is 38.0. The van der Waals surface area contributed by atoms with Crippen molar-refractivity contribution in [2.75, 3.05) is 33.9 Å². The molecule has 7 heteroatoms. The Balaban J connectivity index is 4.00. The lowest BCUT2D eigenvalue weighted by atomic mass is 10.0. The second-order valence-electron chi connectivity index (χ2n) is 13.0. The Bertz CT molecular complexity index is 726. The van der Waals surface area contributed by atoms with E-state index in [1.165, 1.54) is 51.4 Å². The number of unbranched alkanes of at least 4 members (excludes halogenated alkanes) is 16. The van der Waals surface area contributed by atoms with E-state index in [9.17, 15) is 14.4 Å². The fourth-order valence-corrected chi connectivity index (χ4v) is 5.26. The van der Waals surface area contributed by atoms with Gasteiger partial charge in [-0.25, -0.2) is 0 Å². The summed E-state index contributed by atoms with van der Waals surface area (Å²) in [6, 6.07) is 0. The van der Waals surface area contributed by atoms with E-state index in [1.54, 1.807) is 0 Å². The third kappa shape index (κ3) is 33.2. The van der Waals surface area contributed by atoms with Crippen LogP contribution in [0.1, 0.15) is 168 Å². The summed E-state index contributed by atoms with van der Waals surface area (Å²) in [5, 5.41) is 0. The Kier molecular flexibility index (Phi) is 32.6. The lowest BCUT2D eigenvalue weighted by molar-refractivity contribution is -0.150. The highest BCUT2D eigenvalue weighted by Crippen LogP contribution is 2.17. The van der Waals surface area contributed by atoms with E-state index in [1.807, 2.05) is 31.1 Å². The van der Waals surface area contributed by atoms with Gasteiger partial charge < -0.3 is 14.2 Å². The van der Waals surface area contributed by atoms with Crippen LogP contribution in [0, 0.1) is 0 Å². The van der Waals surface area contributed by atoms with E-state index >= 15 is 0 Å². The number of hydrogen-bond donors (Lipinski definition) is 0. The first-order chi connectivity index (χ1) is 22.4. The monoisotopic (exact) mass is 650 g/mol. The molecule has 0 unspecified atom stereocenters. The summed E-state index contributed by atoms with van der Waals surface area (Å²) < 4.78 is 16.4. The molecule has 0 N–H and O–H groups in total. The van der Waals surface area contributed by atoms with Gasteiger partial charge in [-0.3, -0.25) is 19.3 Å². The van der Waals surface area contributed by atoms with Gasteiger partial charge in [0.05, 0.1) is 6.54 Å². The van der Waals surface area contributed by atoms with Gasteiger partial charge in [-0.05, 0) is 78.3 Å². The van der Waals surface area contributed by atoms with Crippen LogP contribution in [-0.2, 0) is 28.6 Å². The third-order valence-electron chi connectivity index (χ3n) is 8.02. The highest BCUT2D eigenvalue weighted by atomic mass is 16.5. The van der Waals surface area contributed by atoms with Crippen LogP contribution in [0.5, 0.6) is 0 Å². The van der Waals surface area contributed by atoms with E-state index in [0.29, 0.717) is 32.6 Å².